The van der Waals surface area contributed by atoms with Crippen LogP contribution < -0.4 is 9.47 Å². The summed E-state index contributed by atoms with van der Waals surface area (Å²) in [5.41, 5.74) is 3.35. The molecule has 0 heterocycles. The predicted octanol–water partition coefficient (Wildman–Crippen LogP) is 6.68. The van der Waals surface area contributed by atoms with Crippen molar-refractivity contribution in [2.45, 2.75) is 23.6 Å². The van der Waals surface area contributed by atoms with E-state index in [4.69, 9.17) is 22.3 Å². The van der Waals surface area contributed by atoms with E-state index in [1.54, 1.807) is 42.5 Å². The molecule has 0 aliphatic carbocycles. The molecule has 0 unspecified atom stereocenters. The van der Waals surface area contributed by atoms with Crippen molar-refractivity contribution in [3.63, 3.8) is 0 Å². The minimum Gasteiger partial charge on any atom is -0.457 e. The van der Waals surface area contributed by atoms with E-state index in [1.165, 1.54) is 24.3 Å². The van der Waals surface area contributed by atoms with Crippen LogP contribution in [0.15, 0.2) is 94.7 Å². The zero-order valence-corrected chi connectivity index (χ0v) is 20.1. The number of ether oxygens (including phenoxy) is 2. The number of hydrogen-bond acceptors (Lipinski definition) is 4. The normalized spacial score (nSPS) is 10.7. The first-order chi connectivity index (χ1) is 16.8. The minimum atomic E-state index is -3.71. The summed E-state index contributed by atoms with van der Waals surface area (Å²) in [5.74, 6) is 7.45. The molecule has 0 fully saturated rings. The lowest BCUT2D eigenvalue weighted by molar-refractivity contribution is 0.478. The van der Waals surface area contributed by atoms with Crippen LogP contribution in [0.5, 0.6) is 23.0 Å². The Morgan fingerprint density at radius 3 is 1.74 bits per heavy atom. The fourth-order valence-corrected chi connectivity index (χ4v) is 4.78. The second-order valence-electron chi connectivity index (χ2n) is 7.95. The molecule has 0 N–H and O–H groups in total. The Hall–Kier alpha value is -4.45. The van der Waals surface area contributed by atoms with Gasteiger partial charge in [0, 0.05) is 11.1 Å². The van der Waals surface area contributed by atoms with Crippen LogP contribution in [0.1, 0.15) is 22.3 Å². The van der Waals surface area contributed by atoms with Crippen LogP contribution in [0.4, 0.5) is 0 Å². The Labute approximate surface area is 206 Å². The van der Waals surface area contributed by atoms with E-state index in [-0.39, 0.29) is 9.79 Å². The van der Waals surface area contributed by atoms with Crippen LogP contribution in [0.3, 0.4) is 0 Å². The van der Waals surface area contributed by atoms with Crippen LogP contribution in [-0.4, -0.2) is 8.42 Å². The Morgan fingerprint density at radius 2 is 1.20 bits per heavy atom. The average molecular weight is 479 g/mol. The molecule has 0 aliphatic heterocycles. The summed E-state index contributed by atoms with van der Waals surface area (Å²) in [4.78, 5) is 0.322. The number of rotatable bonds is 6. The molecule has 4 aromatic carbocycles. The van der Waals surface area contributed by atoms with Crippen LogP contribution in [0, 0.1) is 38.5 Å². The van der Waals surface area contributed by atoms with Crippen molar-refractivity contribution in [3.8, 4) is 47.7 Å². The maximum absolute atomic E-state index is 13.1. The molecular weight excluding hydrogens is 456 g/mol. The van der Waals surface area contributed by atoms with Gasteiger partial charge in [0.1, 0.15) is 23.0 Å². The summed E-state index contributed by atoms with van der Waals surface area (Å²) >= 11 is 0. The van der Waals surface area contributed by atoms with Gasteiger partial charge in [-0.25, -0.2) is 8.42 Å². The molecule has 0 radical (unpaired) electrons. The van der Waals surface area contributed by atoms with Gasteiger partial charge in [0.2, 0.25) is 9.84 Å². The predicted molar refractivity (Wildman–Crippen MR) is 137 cm³/mol. The molecule has 4 rings (SSSR count). The van der Waals surface area contributed by atoms with Crippen molar-refractivity contribution >= 4 is 9.84 Å². The number of terminal acetylenes is 2. The first-order valence-electron chi connectivity index (χ1n) is 10.7. The van der Waals surface area contributed by atoms with Crippen molar-refractivity contribution in [2.75, 3.05) is 0 Å². The molecule has 172 valence electrons. The van der Waals surface area contributed by atoms with Gasteiger partial charge in [0.05, 0.1) is 9.79 Å². The molecule has 0 atom stereocenters. The highest BCUT2D eigenvalue weighted by Gasteiger charge is 2.18. The summed E-state index contributed by atoms with van der Waals surface area (Å²) < 4.78 is 37.9. The summed E-state index contributed by atoms with van der Waals surface area (Å²) in [6.07, 6.45) is 10.9. The average Bonchev–Trinajstić information content (AvgIpc) is 2.85. The van der Waals surface area contributed by atoms with Gasteiger partial charge in [0.15, 0.2) is 0 Å². The first kappa shape index (κ1) is 23.7. The Kier molecular flexibility index (Phi) is 6.64. The third kappa shape index (κ3) is 5.38. The largest absolute Gasteiger partial charge is 0.457 e. The van der Waals surface area contributed by atoms with E-state index in [2.05, 4.69) is 11.8 Å². The topological polar surface area (TPSA) is 52.6 Å². The zero-order valence-electron chi connectivity index (χ0n) is 19.3. The summed E-state index contributed by atoms with van der Waals surface area (Å²) in [6.45, 7) is 3.82. The van der Waals surface area contributed by atoms with Gasteiger partial charge in [-0.3, -0.25) is 0 Å². The quantitative estimate of drug-likeness (QED) is 0.290. The fourth-order valence-electron chi connectivity index (χ4n) is 3.52. The second kappa shape index (κ2) is 9.81. The number of sulfone groups is 1. The van der Waals surface area contributed by atoms with Crippen molar-refractivity contribution in [1.29, 1.82) is 0 Å². The van der Waals surface area contributed by atoms with Crippen molar-refractivity contribution in [2.24, 2.45) is 0 Å². The third-order valence-electron chi connectivity index (χ3n) is 5.29. The maximum atomic E-state index is 13.1. The molecule has 4 nitrogen and oxygen atoms in total. The maximum Gasteiger partial charge on any atom is 0.206 e. The summed E-state index contributed by atoms with van der Waals surface area (Å²) in [6, 6.07) is 23.5. The highest BCUT2D eigenvalue weighted by Crippen LogP contribution is 2.30. The lowest BCUT2D eigenvalue weighted by Gasteiger charge is -2.11. The molecule has 0 amide bonds. The van der Waals surface area contributed by atoms with Gasteiger partial charge < -0.3 is 9.47 Å². The van der Waals surface area contributed by atoms with Crippen LogP contribution >= 0.6 is 0 Å². The number of hydrogen-bond donors (Lipinski definition) is 0. The summed E-state index contributed by atoms with van der Waals surface area (Å²) in [5, 5.41) is 0. The molecule has 0 bridgehead atoms. The van der Waals surface area contributed by atoms with Gasteiger partial charge in [0.25, 0.3) is 0 Å². The van der Waals surface area contributed by atoms with Crippen molar-refractivity contribution in [1.82, 2.24) is 0 Å². The first-order valence-corrected chi connectivity index (χ1v) is 12.2. The lowest BCUT2D eigenvalue weighted by atomic mass is 10.1. The minimum absolute atomic E-state index is 0.160. The van der Waals surface area contributed by atoms with Crippen LogP contribution in [0.25, 0.3) is 0 Å². The molecule has 35 heavy (non-hydrogen) atoms. The van der Waals surface area contributed by atoms with E-state index in [9.17, 15) is 8.42 Å². The van der Waals surface area contributed by atoms with Crippen LogP contribution in [-0.2, 0) is 9.84 Å². The molecule has 0 aliphatic rings. The van der Waals surface area contributed by atoms with Crippen molar-refractivity contribution in [3.05, 3.63) is 107 Å². The van der Waals surface area contributed by atoms with Gasteiger partial charge in [-0.1, -0.05) is 11.8 Å². The number of benzene rings is 4. The molecule has 4 aromatic rings. The fraction of sp³-hybridized carbons (Fsp3) is 0.0667. The van der Waals surface area contributed by atoms with E-state index >= 15 is 0 Å². The van der Waals surface area contributed by atoms with Gasteiger partial charge in [-0.2, -0.15) is 0 Å². The van der Waals surface area contributed by atoms with Gasteiger partial charge in [-0.05, 0) is 110 Å². The Bertz CT molecular complexity index is 1570. The van der Waals surface area contributed by atoms with Crippen molar-refractivity contribution < 1.29 is 17.9 Å². The zero-order chi connectivity index (χ0) is 25.0. The third-order valence-corrected chi connectivity index (χ3v) is 7.08. The standard InChI is InChI=1S/C30H22O4S/c1-5-23-7-16-30(22(4)19-23)34-26-10-14-29(15-11-26)35(31,32)28-12-8-25(9-13-28)33-27-18-21(3)17-24(6-2)20-27/h1-2,7-20H,3-4H3. The summed E-state index contributed by atoms with van der Waals surface area (Å²) in [7, 11) is -3.71. The smallest absolute Gasteiger partial charge is 0.206 e. The highest BCUT2D eigenvalue weighted by molar-refractivity contribution is 7.91. The van der Waals surface area contributed by atoms with Crippen LogP contribution in [0.2, 0.25) is 0 Å². The number of aryl methyl sites for hydroxylation is 2. The Balaban J connectivity index is 1.50. The molecule has 0 saturated heterocycles. The van der Waals surface area contributed by atoms with Gasteiger partial charge >= 0.3 is 0 Å². The van der Waals surface area contributed by atoms with E-state index in [0.29, 0.717) is 28.6 Å². The molecule has 0 aromatic heterocycles. The second-order valence-corrected chi connectivity index (χ2v) is 9.90. The molecule has 0 saturated carbocycles. The van der Waals surface area contributed by atoms with E-state index in [1.807, 2.05) is 32.0 Å². The Morgan fingerprint density at radius 1 is 0.629 bits per heavy atom. The molecule has 5 heteroatoms. The van der Waals surface area contributed by atoms with E-state index < -0.39 is 9.84 Å². The monoisotopic (exact) mass is 478 g/mol. The SMILES string of the molecule is C#Cc1cc(C)cc(Oc2ccc(S(=O)(=O)c3ccc(Oc4ccc(C#C)cc4C)cc3)cc2)c1. The highest BCUT2D eigenvalue weighted by atomic mass is 32.2. The van der Waals surface area contributed by atoms with E-state index in [0.717, 1.165) is 16.7 Å². The molecular formula is C30H22O4S. The molecule has 0 spiro atoms. The van der Waals surface area contributed by atoms with Gasteiger partial charge in [-0.15, -0.1) is 12.8 Å². The lowest BCUT2D eigenvalue weighted by Crippen LogP contribution is -2.02.